The summed E-state index contributed by atoms with van der Waals surface area (Å²) in [4.78, 5) is 2.62. The molecule has 2 aliphatic rings. The van der Waals surface area contributed by atoms with Crippen molar-refractivity contribution in [3.8, 4) is 0 Å². The Kier molecular flexibility index (Phi) is 3.90. The summed E-state index contributed by atoms with van der Waals surface area (Å²) in [6.07, 6.45) is 2.79. The lowest BCUT2D eigenvalue weighted by atomic mass is 9.85. The Morgan fingerprint density at radius 3 is 2.26 bits per heavy atom. The quantitative estimate of drug-likeness (QED) is 0.893. The molecule has 0 spiro atoms. The largest absolute Gasteiger partial charge is 0.311 e. The molecule has 1 aromatic carbocycles. The van der Waals surface area contributed by atoms with Gasteiger partial charge in [-0.25, -0.2) is 0 Å². The Bertz CT molecular complexity index is 387. The van der Waals surface area contributed by atoms with Crippen molar-refractivity contribution in [1.82, 2.24) is 10.2 Å². The Morgan fingerprint density at radius 1 is 1.05 bits per heavy atom. The molecule has 3 atom stereocenters. The molecule has 1 heterocycles. The van der Waals surface area contributed by atoms with Gasteiger partial charge in [-0.3, -0.25) is 4.90 Å². The second kappa shape index (κ2) is 5.64. The molecular formula is C17H26N2. The maximum Gasteiger partial charge on any atom is 0.0233 e. The van der Waals surface area contributed by atoms with Gasteiger partial charge in [0.1, 0.15) is 0 Å². The fourth-order valence-corrected chi connectivity index (χ4v) is 3.50. The number of rotatable bonds is 4. The van der Waals surface area contributed by atoms with Crippen LogP contribution in [0.5, 0.6) is 0 Å². The van der Waals surface area contributed by atoms with Crippen LogP contribution in [0.2, 0.25) is 0 Å². The number of nitrogens with one attached hydrogen (secondary N) is 1. The fraction of sp³-hybridized carbons (Fsp3) is 0.647. The summed E-state index contributed by atoms with van der Waals surface area (Å²) in [6, 6.07) is 12.4. The van der Waals surface area contributed by atoms with Crippen LogP contribution in [0, 0.1) is 11.8 Å². The third kappa shape index (κ3) is 3.37. The number of piperidine rings is 1. The zero-order chi connectivity index (χ0) is 13.2. The van der Waals surface area contributed by atoms with Crippen molar-refractivity contribution in [2.75, 3.05) is 13.1 Å². The van der Waals surface area contributed by atoms with Gasteiger partial charge in [-0.1, -0.05) is 44.2 Å². The van der Waals surface area contributed by atoms with Gasteiger partial charge in [-0.15, -0.1) is 0 Å². The maximum absolute atomic E-state index is 3.85. The molecular weight excluding hydrogens is 232 g/mol. The Hall–Kier alpha value is -0.860. The summed E-state index contributed by atoms with van der Waals surface area (Å²) < 4.78 is 0. The summed E-state index contributed by atoms with van der Waals surface area (Å²) in [5, 5.41) is 3.85. The molecule has 3 rings (SSSR count). The van der Waals surface area contributed by atoms with Crippen molar-refractivity contribution < 1.29 is 0 Å². The first-order valence-electron chi connectivity index (χ1n) is 7.74. The van der Waals surface area contributed by atoms with Crippen LogP contribution in [0.1, 0.15) is 32.3 Å². The Balaban J connectivity index is 1.58. The normalized spacial score (nSPS) is 32.4. The summed E-state index contributed by atoms with van der Waals surface area (Å²) in [5.74, 6) is 1.51. The first-order chi connectivity index (χ1) is 9.22. The minimum atomic E-state index is 0.722. The minimum Gasteiger partial charge on any atom is -0.311 e. The molecule has 19 heavy (non-hydrogen) atoms. The maximum atomic E-state index is 3.85. The lowest BCUT2D eigenvalue weighted by Gasteiger charge is -2.42. The van der Waals surface area contributed by atoms with Crippen LogP contribution in [0.3, 0.4) is 0 Å². The molecule has 0 aromatic heterocycles. The number of hydrogen-bond donors (Lipinski definition) is 1. The number of hydrogen-bond acceptors (Lipinski definition) is 2. The Labute approximate surface area is 117 Å². The zero-order valence-electron chi connectivity index (χ0n) is 12.2. The van der Waals surface area contributed by atoms with Gasteiger partial charge in [0, 0.05) is 31.7 Å². The van der Waals surface area contributed by atoms with Crippen molar-refractivity contribution in [3.63, 3.8) is 0 Å². The van der Waals surface area contributed by atoms with E-state index >= 15 is 0 Å². The van der Waals surface area contributed by atoms with E-state index in [1.807, 2.05) is 0 Å². The lowest BCUT2D eigenvalue weighted by Crippen LogP contribution is -2.53. The van der Waals surface area contributed by atoms with Gasteiger partial charge >= 0.3 is 0 Å². The standard InChI is InChI=1S/C17H26N2/c1-13-10-19(12-15-6-4-3-5-7-15)11-14(2)17(13)18-16-8-9-16/h3-7,13-14,16-18H,8-12H2,1-2H3/t13-,14+,17?. The third-order valence-corrected chi connectivity index (χ3v) is 4.57. The highest BCUT2D eigenvalue weighted by molar-refractivity contribution is 5.14. The minimum absolute atomic E-state index is 0.722. The van der Waals surface area contributed by atoms with Gasteiger partial charge in [0.2, 0.25) is 0 Å². The SMILES string of the molecule is C[C@@H]1CN(Cc2ccccc2)C[C@H](C)C1NC1CC1. The average molecular weight is 258 g/mol. The molecule has 1 aliphatic carbocycles. The number of benzene rings is 1. The van der Waals surface area contributed by atoms with Crippen molar-refractivity contribution in [3.05, 3.63) is 35.9 Å². The van der Waals surface area contributed by atoms with Crippen molar-refractivity contribution in [2.24, 2.45) is 11.8 Å². The second-order valence-electron chi connectivity index (χ2n) is 6.60. The number of nitrogens with zero attached hydrogens (tertiary/aromatic N) is 1. The van der Waals surface area contributed by atoms with E-state index in [1.165, 1.54) is 31.5 Å². The van der Waals surface area contributed by atoms with Crippen molar-refractivity contribution in [1.29, 1.82) is 0 Å². The molecule has 2 heteroatoms. The molecule has 2 nitrogen and oxygen atoms in total. The first-order valence-corrected chi connectivity index (χ1v) is 7.74. The molecule has 1 saturated carbocycles. The van der Waals surface area contributed by atoms with E-state index in [2.05, 4.69) is 54.4 Å². The molecule has 1 N–H and O–H groups in total. The molecule has 104 valence electrons. The van der Waals surface area contributed by atoms with Crippen LogP contribution in [0.25, 0.3) is 0 Å². The van der Waals surface area contributed by atoms with E-state index in [-0.39, 0.29) is 0 Å². The highest BCUT2D eigenvalue weighted by Gasteiger charge is 2.35. The average Bonchev–Trinajstić information content (AvgIpc) is 3.19. The third-order valence-electron chi connectivity index (χ3n) is 4.57. The molecule has 1 unspecified atom stereocenters. The van der Waals surface area contributed by atoms with E-state index in [0.29, 0.717) is 0 Å². The molecule has 0 radical (unpaired) electrons. The molecule has 1 aromatic rings. The van der Waals surface area contributed by atoms with E-state index in [1.54, 1.807) is 0 Å². The van der Waals surface area contributed by atoms with Gasteiger partial charge in [0.05, 0.1) is 0 Å². The smallest absolute Gasteiger partial charge is 0.0233 e. The van der Waals surface area contributed by atoms with E-state index in [4.69, 9.17) is 0 Å². The van der Waals surface area contributed by atoms with Crippen molar-refractivity contribution >= 4 is 0 Å². The van der Waals surface area contributed by atoms with E-state index in [0.717, 1.165) is 30.5 Å². The van der Waals surface area contributed by atoms with Crippen LogP contribution in [-0.4, -0.2) is 30.1 Å². The van der Waals surface area contributed by atoms with Gasteiger partial charge in [-0.2, -0.15) is 0 Å². The Morgan fingerprint density at radius 2 is 1.68 bits per heavy atom. The summed E-state index contributed by atoms with van der Waals surface area (Å²) in [7, 11) is 0. The van der Waals surface area contributed by atoms with Gasteiger partial charge in [0.15, 0.2) is 0 Å². The van der Waals surface area contributed by atoms with Crippen LogP contribution >= 0.6 is 0 Å². The zero-order valence-corrected chi connectivity index (χ0v) is 12.2. The van der Waals surface area contributed by atoms with Crippen LogP contribution in [-0.2, 0) is 6.54 Å². The summed E-state index contributed by atoms with van der Waals surface area (Å²) >= 11 is 0. The van der Waals surface area contributed by atoms with Gasteiger partial charge in [-0.05, 0) is 30.2 Å². The molecule has 1 saturated heterocycles. The predicted molar refractivity (Wildman–Crippen MR) is 80.0 cm³/mol. The van der Waals surface area contributed by atoms with E-state index in [9.17, 15) is 0 Å². The van der Waals surface area contributed by atoms with Gasteiger partial charge < -0.3 is 5.32 Å². The topological polar surface area (TPSA) is 15.3 Å². The highest BCUT2D eigenvalue weighted by Crippen LogP contribution is 2.28. The molecule has 2 fully saturated rings. The molecule has 0 bridgehead atoms. The lowest BCUT2D eigenvalue weighted by molar-refractivity contribution is 0.0939. The summed E-state index contributed by atoms with van der Waals surface area (Å²) in [5.41, 5.74) is 1.44. The first kappa shape index (κ1) is 13.1. The molecule has 1 aliphatic heterocycles. The van der Waals surface area contributed by atoms with Crippen LogP contribution in [0.4, 0.5) is 0 Å². The monoisotopic (exact) mass is 258 g/mol. The van der Waals surface area contributed by atoms with E-state index < -0.39 is 0 Å². The predicted octanol–water partition coefficient (Wildman–Crippen LogP) is 2.90. The van der Waals surface area contributed by atoms with Crippen molar-refractivity contribution in [2.45, 2.75) is 45.3 Å². The second-order valence-corrected chi connectivity index (χ2v) is 6.60. The van der Waals surface area contributed by atoms with Gasteiger partial charge in [0.25, 0.3) is 0 Å². The van der Waals surface area contributed by atoms with Crippen LogP contribution in [0.15, 0.2) is 30.3 Å². The number of likely N-dealkylation sites (tertiary alicyclic amines) is 1. The summed E-state index contributed by atoms with van der Waals surface area (Å²) in [6.45, 7) is 8.38. The fourth-order valence-electron chi connectivity index (χ4n) is 3.50. The van der Waals surface area contributed by atoms with Crippen LogP contribution < -0.4 is 5.32 Å². The highest BCUT2D eigenvalue weighted by atomic mass is 15.2. The molecule has 0 amide bonds.